The van der Waals surface area contributed by atoms with Crippen molar-refractivity contribution in [2.24, 2.45) is 0 Å². The first-order chi connectivity index (χ1) is 12.4. The van der Waals surface area contributed by atoms with E-state index in [1.165, 1.54) is 0 Å². The molecule has 0 saturated heterocycles. The van der Waals surface area contributed by atoms with Crippen molar-refractivity contribution < 1.29 is 24.0 Å². The number of benzene rings is 1. The number of carbonyl (C=O) groups excluding carboxylic acids is 1. The van der Waals surface area contributed by atoms with E-state index in [1.54, 1.807) is 31.2 Å². The lowest BCUT2D eigenvalue weighted by molar-refractivity contribution is -0.144. The van der Waals surface area contributed by atoms with E-state index in [2.05, 4.69) is 26.4 Å². The number of halogens is 1. The highest BCUT2D eigenvalue weighted by molar-refractivity contribution is 9.10. The largest absolute Gasteiger partial charge is 0.486 e. The molecule has 8 heteroatoms. The van der Waals surface area contributed by atoms with Gasteiger partial charge in [0.1, 0.15) is 29.3 Å². The van der Waals surface area contributed by atoms with E-state index in [4.69, 9.17) is 9.26 Å². The average Bonchev–Trinajstić information content (AvgIpc) is 3.23. The fourth-order valence-electron chi connectivity index (χ4n) is 3.06. The quantitative estimate of drug-likeness (QED) is 0.738. The summed E-state index contributed by atoms with van der Waals surface area (Å²) in [6, 6.07) is 6.66. The van der Waals surface area contributed by atoms with Gasteiger partial charge in [0.05, 0.1) is 4.47 Å². The molecule has 1 fully saturated rings. The first-order valence-corrected chi connectivity index (χ1v) is 9.09. The van der Waals surface area contributed by atoms with Crippen LogP contribution in [0.5, 0.6) is 5.75 Å². The van der Waals surface area contributed by atoms with Gasteiger partial charge in [0, 0.05) is 11.6 Å². The number of ether oxygens (including phenoxy) is 1. The number of aliphatic carboxylic acids is 1. The monoisotopic (exact) mass is 422 g/mol. The number of hydrogen-bond acceptors (Lipinski definition) is 5. The number of carboxylic acids is 1. The highest BCUT2D eigenvalue weighted by Crippen LogP contribution is 2.31. The van der Waals surface area contributed by atoms with Crippen LogP contribution in [0, 0.1) is 6.92 Å². The minimum absolute atomic E-state index is 0.240. The molecule has 0 spiro atoms. The standard InChI is InChI=1S/C18H19BrN2O5/c1-11-8-13(21-26-11)10-25-15-5-4-12(9-14(15)19)16(22)20-18(17(23)24)6-2-3-7-18/h4-5,8-9H,2-3,6-7,10H2,1H3,(H,20,22)(H,23,24). The van der Waals surface area contributed by atoms with Crippen molar-refractivity contribution in [1.29, 1.82) is 0 Å². The van der Waals surface area contributed by atoms with Crippen LogP contribution in [0.1, 0.15) is 47.5 Å². The highest BCUT2D eigenvalue weighted by Gasteiger charge is 2.42. The van der Waals surface area contributed by atoms with E-state index in [9.17, 15) is 14.7 Å². The Morgan fingerprint density at radius 2 is 2.08 bits per heavy atom. The first kappa shape index (κ1) is 18.4. The zero-order valence-electron chi connectivity index (χ0n) is 14.3. The number of aryl methyl sites for hydroxylation is 1. The molecule has 138 valence electrons. The van der Waals surface area contributed by atoms with Crippen LogP contribution >= 0.6 is 15.9 Å². The maximum atomic E-state index is 12.5. The number of carboxylic acid groups (broad SMARTS) is 1. The third-order valence-corrected chi connectivity index (χ3v) is 5.09. The average molecular weight is 423 g/mol. The number of nitrogens with zero attached hydrogens (tertiary/aromatic N) is 1. The van der Waals surface area contributed by atoms with Crippen LogP contribution in [0.3, 0.4) is 0 Å². The summed E-state index contributed by atoms with van der Waals surface area (Å²) in [7, 11) is 0. The molecule has 0 atom stereocenters. The van der Waals surface area contributed by atoms with Gasteiger partial charge in [0.25, 0.3) is 5.91 Å². The van der Waals surface area contributed by atoms with Crippen molar-refractivity contribution >= 4 is 27.8 Å². The van der Waals surface area contributed by atoms with Gasteiger partial charge >= 0.3 is 5.97 Å². The summed E-state index contributed by atoms with van der Waals surface area (Å²) in [5, 5.41) is 16.0. The summed E-state index contributed by atoms with van der Waals surface area (Å²) in [6.45, 7) is 2.04. The lowest BCUT2D eigenvalue weighted by Gasteiger charge is -2.25. The number of carbonyl (C=O) groups is 2. The first-order valence-electron chi connectivity index (χ1n) is 8.30. The van der Waals surface area contributed by atoms with Gasteiger partial charge in [-0.05, 0) is 53.9 Å². The molecular weight excluding hydrogens is 404 g/mol. The molecule has 1 aromatic heterocycles. The second-order valence-corrected chi connectivity index (χ2v) is 7.27. The maximum Gasteiger partial charge on any atom is 0.329 e. The van der Waals surface area contributed by atoms with E-state index in [0.29, 0.717) is 40.1 Å². The van der Waals surface area contributed by atoms with Crippen molar-refractivity contribution in [2.75, 3.05) is 0 Å². The van der Waals surface area contributed by atoms with Crippen LogP contribution in [0.4, 0.5) is 0 Å². The van der Waals surface area contributed by atoms with Gasteiger partial charge in [-0.1, -0.05) is 18.0 Å². The molecule has 0 aliphatic heterocycles. The Bertz CT molecular complexity index is 827. The smallest absolute Gasteiger partial charge is 0.329 e. The third kappa shape index (κ3) is 3.90. The molecule has 26 heavy (non-hydrogen) atoms. The fourth-order valence-corrected chi connectivity index (χ4v) is 3.55. The van der Waals surface area contributed by atoms with E-state index in [0.717, 1.165) is 12.8 Å². The SMILES string of the molecule is Cc1cc(COc2ccc(C(=O)NC3(C(=O)O)CCCC3)cc2Br)no1. The number of rotatable bonds is 6. The van der Waals surface area contributed by atoms with E-state index in [-0.39, 0.29) is 6.61 Å². The number of nitrogens with one attached hydrogen (secondary N) is 1. The Kier molecular flexibility index (Phi) is 5.31. The Hall–Kier alpha value is -2.35. The van der Waals surface area contributed by atoms with Crippen LogP contribution < -0.4 is 10.1 Å². The van der Waals surface area contributed by atoms with E-state index < -0.39 is 17.4 Å². The highest BCUT2D eigenvalue weighted by atomic mass is 79.9. The van der Waals surface area contributed by atoms with Crippen molar-refractivity contribution in [2.45, 2.75) is 44.8 Å². The van der Waals surface area contributed by atoms with Crippen molar-refractivity contribution in [3.8, 4) is 5.75 Å². The van der Waals surface area contributed by atoms with Gasteiger partial charge in [0.15, 0.2) is 0 Å². The summed E-state index contributed by atoms with van der Waals surface area (Å²) in [6.07, 6.45) is 2.50. The second-order valence-electron chi connectivity index (χ2n) is 6.41. The summed E-state index contributed by atoms with van der Waals surface area (Å²) in [4.78, 5) is 24.1. The van der Waals surface area contributed by atoms with Crippen LogP contribution in [0.2, 0.25) is 0 Å². The molecule has 0 bridgehead atoms. The minimum atomic E-state index is -1.16. The van der Waals surface area contributed by atoms with Gasteiger partial charge in [-0.15, -0.1) is 0 Å². The number of hydrogen-bond donors (Lipinski definition) is 2. The molecule has 1 heterocycles. The number of amides is 1. The van der Waals surface area contributed by atoms with E-state index >= 15 is 0 Å². The molecular formula is C18H19BrN2O5. The Morgan fingerprint density at radius 1 is 1.35 bits per heavy atom. The molecule has 3 rings (SSSR count). The molecule has 7 nitrogen and oxygen atoms in total. The summed E-state index contributed by atoms with van der Waals surface area (Å²) in [5.41, 5.74) is -0.126. The fraction of sp³-hybridized carbons (Fsp3) is 0.389. The molecule has 2 aromatic rings. The molecule has 0 unspecified atom stereocenters. The van der Waals surface area contributed by atoms with Gasteiger partial charge < -0.3 is 19.7 Å². The third-order valence-electron chi connectivity index (χ3n) is 4.47. The lowest BCUT2D eigenvalue weighted by Crippen LogP contribution is -2.52. The predicted molar refractivity (Wildman–Crippen MR) is 96.0 cm³/mol. The van der Waals surface area contributed by atoms with Crippen LogP contribution in [0.15, 0.2) is 33.3 Å². The van der Waals surface area contributed by atoms with Crippen LogP contribution in [-0.2, 0) is 11.4 Å². The second kappa shape index (κ2) is 7.49. The molecule has 1 aromatic carbocycles. The van der Waals surface area contributed by atoms with Crippen molar-refractivity contribution in [1.82, 2.24) is 10.5 Å². The van der Waals surface area contributed by atoms with Crippen LogP contribution in [-0.4, -0.2) is 27.7 Å². The minimum Gasteiger partial charge on any atom is -0.486 e. The predicted octanol–water partition coefficient (Wildman–Crippen LogP) is 3.45. The lowest BCUT2D eigenvalue weighted by atomic mass is 9.97. The zero-order chi connectivity index (χ0) is 18.7. The zero-order valence-corrected chi connectivity index (χ0v) is 15.8. The Labute approximate surface area is 158 Å². The molecule has 2 N–H and O–H groups in total. The number of aromatic nitrogens is 1. The molecule has 0 radical (unpaired) electrons. The van der Waals surface area contributed by atoms with Gasteiger partial charge in [-0.3, -0.25) is 4.79 Å². The normalized spacial score (nSPS) is 15.6. The van der Waals surface area contributed by atoms with Crippen molar-refractivity contribution in [3.05, 3.63) is 45.8 Å². The molecule has 1 aliphatic carbocycles. The summed E-state index contributed by atoms with van der Waals surface area (Å²) in [5.74, 6) is -0.135. The Morgan fingerprint density at radius 3 is 2.65 bits per heavy atom. The van der Waals surface area contributed by atoms with Gasteiger partial charge in [0.2, 0.25) is 0 Å². The van der Waals surface area contributed by atoms with E-state index in [1.807, 2.05) is 0 Å². The molecule has 1 amide bonds. The topological polar surface area (TPSA) is 102 Å². The van der Waals surface area contributed by atoms with Gasteiger partial charge in [-0.25, -0.2) is 4.79 Å². The summed E-state index contributed by atoms with van der Waals surface area (Å²) >= 11 is 3.38. The summed E-state index contributed by atoms with van der Waals surface area (Å²) < 4.78 is 11.2. The van der Waals surface area contributed by atoms with Crippen molar-refractivity contribution in [3.63, 3.8) is 0 Å². The maximum absolute atomic E-state index is 12.5. The molecule has 1 aliphatic rings. The Balaban J connectivity index is 1.68. The molecule has 1 saturated carbocycles. The van der Waals surface area contributed by atoms with Gasteiger partial charge in [-0.2, -0.15) is 0 Å². The van der Waals surface area contributed by atoms with Crippen LogP contribution in [0.25, 0.3) is 0 Å².